The summed E-state index contributed by atoms with van der Waals surface area (Å²) in [5.74, 6) is 0.840. The Morgan fingerprint density at radius 2 is 1.25 bits per heavy atom. The summed E-state index contributed by atoms with van der Waals surface area (Å²) in [6.07, 6.45) is 0. The van der Waals surface area contributed by atoms with Crippen LogP contribution in [0, 0.1) is 20.8 Å². The molecule has 0 spiro atoms. The molecule has 0 N–H and O–H groups in total. The fourth-order valence-corrected chi connectivity index (χ4v) is 3.74. The van der Waals surface area contributed by atoms with Gasteiger partial charge in [-0.05, 0) is 43.0 Å². The molecule has 1 heterocycles. The number of nitrogens with zero attached hydrogens (tertiary/aromatic N) is 2. The van der Waals surface area contributed by atoms with Crippen LogP contribution in [0.3, 0.4) is 0 Å². The van der Waals surface area contributed by atoms with Crippen molar-refractivity contribution in [2.24, 2.45) is 9.98 Å². The van der Waals surface area contributed by atoms with Crippen LogP contribution in [0.4, 0.5) is 0 Å². The zero-order chi connectivity index (χ0) is 20.1. The quantitative estimate of drug-likeness (QED) is 0.496. The summed E-state index contributed by atoms with van der Waals surface area (Å²) < 4.78 is 0. The first-order chi connectivity index (χ1) is 13.6. The van der Waals surface area contributed by atoms with Crippen LogP contribution in [-0.4, -0.2) is 11.5 Å². The molecule has 2 nitrogen and oxygen atoms in total. The van der Waals surface area contributed by atoms with Gasteiger partial charge in [0.2, 0.25) is 0 Å². The van der Waals surface area contributed by atoms with Gasteiger partial charge in [-0.2, -0.15) is 0 Å². The number of rotatable bonds is 3. The molecule has 1 unspecified atom stereocenters. The average molecular weight is 369 g/mol. The van der Waals surface area contributed by atoms with Crippen LogP contribution in [0.15, 0.2) is 82.8 Å². The van der Waals surface area contributed by atoms with Crippen molar-refractivity contribution in [3.63, 3.8) is 0 Å². The van der Waals surface area contributed by atoms with Gasteiger partial charge in [-0.3, -0.25) is 4.99 Å². The normalized spacial score (nSPS) is 15.4. The van der Waals surface area contributed by atoms with Crippen molar-refractivity contribution in [3.05, 3.63) is 106 Å². The van der Waals surface area contributed by atoms with Gasteiger partial charge >= 0.3 is 0 Å². The Balaban J connectivity index is 0.00000109. The SMILES string of the molecule is CC.Cc1cc(C)c(C2=NC(c3ccccc3)C(c3ccccc3)=N2)c(C)c1. The Labute approximate surface area is 168 Å². The third kappa shape index (κ3) is 3.96. The molecule has 1 aliphatic rings. The summed E-state index contributed by atoms with van der Waals surface area (Å²) in [6.45, 7) is 10.4. The van der Waals surface area contributed by atoms with Gasteiger partial charge in [0.15, 0.2) is 5.84 Å². The van der Waals surface area contributed by atoms with Gasteiger partial charge in [0, 0.05) is 5.56 Å². The van der Waals surface area contributed by atoms with Crippen molar-refractivity contribution in [3.8, 4) is 0 Å². The third-order valence-corrected chi connectivity index (χ3v) is 4.82. The first-order valence-electron chi connectivity index (χ1n) is 9.98. The van der Waals surface area contributed by atoms with E-state index in [1.54, 1.807) is 0 Å². The molecule has 0 aliphatic carbocycles. The molecule has 4 rings (SSSR count). The summed E-state index contributed by atoms with van der Waals surface area (Å²) in [5.41, 5.74) is 8.20. The fraction of sp³-hybridized carbons (Fsp3) is 0.231. The molecule has 1 aliphatic heterocycles. The molecule has 0 radical (unpaired) electrons. The minimum Gasteiger partial charge on any atom is -0.251 e. The Morgan fingerprint density at radius 3 is 1.82 bits per heavy atom. The maximum Gasteiger partial charge on any atom is 0.156 e. The summed E-state index contributed by atoms with van der Waals surface area (Å²) in [6, 6.07) is 25.1. The summed E-state index contributed by atoms with van der Waals surface area (Å²) in [7, 11) is 0. The standard InChI is InChI=1S/C24H22N2.C2H6/c1-16-14-17(2)21(18(3)15-16)24-25-22(19-10-6-4-7-11-19)23(26-24)20-12-8-5-9-13-20;1-2/h4-15,22H,1-3H3;1-2H3. The maximum absolute atomic E-state index is 5.05. The van der Waals surface area contributed by atoms with Crippen molar-refractivity contribution in [2.75, 3.05) is 0 Å². The number of benzene rings is 3. The Morgan fingerprint density at radius 1 is 0.714 bits per heavy atom. The number of aliphatic imine (C=N–C) groups is 2. The van der Waals surface area contributed by atoms with Crippen LogP contribution in [-0.2, 0) is 0 Å². The van der Waals surface area contributed by atoms with Crippen LogP contribution in [0.5, 0.6) is 0 Å². The fourth-order valence-electron chi connectivity index (χ4n) is 3.74. The van der Waals surface area contributed by atoms with E-state index < -0.39 is 0 Å². The van der Waals surface area contributed by atoms with E-state index in [0.717, 1.165) is 22.7 Å². The molecular formula is C26H28N2. The lowest BCUT2D eigenvalue weighted by molar-refractivity contribution is 0.985. The third-order valence-electron chi connectivity index (χ3n) is 4.82. The highest BCUT2D eigenvalue weighted by molar-refractivity contribution is 6.19. The number of amidine groups is 1. The van der Waals surface area contributed by atoms with Gasteiger partial charge in [0.1, 0.15) is 6.04 Å². The summed E-state index contributed by atoms with van der Waals surface area (Å²) in [5, 5.41) is 0. The largest absolute Gasteiger partial charge is 0.251 e. The molecule has 3 aromatic carbocycles. The van der Waals surface area contributed by atoms with Crippen LogP contribution >= 0.6 is 0 Å². The van der Waals surface area contributed by atoms with Crippen LogP contribution in [0.2, 0.25) is 0 Å². The second kappa shape index (κ2) is 8.79. The van der Waals surface area contributed by atoms with Gasteiger partial charge in [-0.15, -0.1) is 0 Å². The van der Waals surface area contributed by atoms with E-state index in [9.17, 15) is 0 Å². The monoisotopic (exact) mass is 368 g/mol. The number of hydrogen-bond acceptors (Lipinski definition) is 2. The molecule has 0 fully saturated rings. The lowest BCUT2D eigenvalue weighted by Crippen LogP contribution is -2.08. The predicted octanol–water partition coefficient (Wildman–Crippen LogP) is 6.63. The Kier molecular flexibility index (Phi) is 6.20. The zero-order valence-electron chi connectivity index (χ0n) is 17.4. The highest BCUT2D eigenvalue weighted by Gasteiger charge is 2.27. The summed E-state index contributed by atoms with van der Waals surface area (Å²) in [4.78, 5) is 10.1. The molecule has 0 amide bonds. The number of hydrogen-bond donors (Lipinski definition) is 0. The van der Waals surface area contributed by atoms with Gasteiger partial charge in [-0.25, -0.2) is 4.99 Å². The van der Waals surface area contributed by atoms with Gasteiger partial charge in [-0.1, -0.05) is 92.2 Å². The van der Waals surface area contributed by atoms with Crippen molar-refractivity contribution >= 4 is 11.5 Å². The zero-order valence-corrected chi connectivity index (χ0v) is 17.4. The predicted molar refractivity (Wildman–Crippen MR) is 121 cm³/mol. The van der Waals surface area contributed by atoms with Crippen molar-refractivity contribution < 1.29 is 0 Å². The molecule has 0 aromatic heterocycles. The van der Waals surface area contributed by atoms with E-state index in [2.05, 4.69) is 81.4 Å². The molecule has 2 heteroatoms. The van der Waals surface area contributed by atoms with Crippen LogP contribution in [0.1, 0.15) is 53.3 Å². The second-order valence-electron chi connectivity index (χ2n) is 6.90. The first kappa shape index (κ1) is 19.8. The molecule has 0 saturated carbocycles. The lowest BCUT2D eigenvalue weighted by atomic mass is 9.98. The van der Waals surface area contributed by atoms with Gasteiger partial charge in [0.25, 0.3) is 0 Å². The van der Waals surface area contributed by atoms with E-state index in [-0.39, 0.29) is 6.04 Å². The minimum absolute atomic E-state index is 0.0614. The smallest absolute Gasteiger partial charge is 0.156 e. The van der Waals surface area contributed by atoms with Crippen LogP contribution in [0.25, 0.3) is 0 Å². The molecule has 0 bridgehead atoms. The van der Waals surface area contributed by atoms with Crippen molar-refractivity contribution in [1.82, 2.24) is 0 Å². The molecule has 3 aromatic rings. The van der Waals surface area contributed by atoms with E-state index >= 15 is 0 Å². The van der Waals surface area contributed by atoms with Crippen molar-refractivity contribution in [2.45, 2.75) is 40.7 Å². The van der Waals surface area contributed by atoms with E-state index in [1.165, 1.54) is 22.3 Å². The van der Waals surface area contributed by atoms with Crippen molar-refractivity contribution in [1.29, 1.82) is 0 Å². The highest BCUT2D eigenvalue weighted by atomic mass is 15.0. The van der Waals surface area contributed by atoms with E-state index in [4.69, 9.17) is 9.98 Å². The first-order valence-corrected chi connectivity index (χ1v) is 9.98. The van der Waals surface area contributed by atoms with E-state index in [1.807, 2.05) is 26.0 Å². The Bertz CT molecular complexity index is 976. The average Bonchev–Trinajstić information content (AvgIpc) is 3.15. The molecular weight excluding hydrogens is 340 g/mol. The molecule has 28 heavy (non-hydrogen) atoms. The lowest BCUT2D eigenvalue weighted by Gasteiger charge is -2.11. The maximum atomic E-state index is 5.05. The van der Waals surface area contributed by atoms with E-state index in [0.29, 0.717) is 0 Å². The topological polar surface area (TPSA) is 24.7 Å². The molecule has 1 atom stereocenters. The number of aryl methyl sites for hydroxylation is 3. The highest BCUT2D eigenvalue weighted by Crippen LogP contribution is 2.31. The van der Waals surface area contributed by atoms with Gasteiger partial charge < -0.3 is 0 Å². The second-order valence-corrected chi connectivity index (χ2v) is 6.90. The van der Waals surface area contributed by atoms with Crippen LogP contribution < -0.4 is 0 Å². The summed E-state index contributed by atoms with van der Waals surface area (Å²) >= 11 is 0. The Hall–Kier alpha value is -3.00. The molecule has 142 valence electrons. The van der Waals surface area contributed by atoms with Gasteiger partial charge in [0.05, 0.1) is 5.71 Å². The minimum atomic E-state index is -0.0614. The molecule has 0 saturated heterocycles.